The minimum atomic E-state index is -1.39. The standard InChI is InChI=1S/C35H36O15.C23H16O11/c1-34(2,3)32(41)47-17-45-30(39)26-13-20(37)28-22(9-7-11-24(28)49-26)43-15-19(36)16-44-23-10-8-12-25-29(23)21(38)14-27(50-25)31(40)46-18-48-33(42)35(4,5)6;24-11(9-31-14-3-1-5-16-20(14)12(25)7-18(33-16)22(27)28)10-32-15-4-2-6-17-21(15)13(26)8-19(34-17)23(29)30/h7-14,19,36H,15-18H2,1-6H3;1-8,11,24H,9-10H2,(H,27,28)(H,29,30). The first kappa shape index (κ1) is 61.3. The summed E-state index contributed by atoms with van der Waals surface area (Å²) < 4.78 is 63.4. The van der Waals surface area contributed by atoms with Crippen molar-refractivity contribution in [1.29, 1.82) is 0 Å². The fourth-order valence-corrected chi connectivity index (χ4v) is 7.29. The van der Waals surface area contributed by atoms with Gasteiger partial charge in [-0.25, -0.2) is 19.2 Å². The average molecular weight is 1170 g/mol. The van der Waals surface area contributed by atoms with Crippen LogP contribution in [0.15, 0.2) is 134 Å². The second-order valence-corrected chi connectivity index (χ2v) is 20.0. The van der Waals surface area contributed by atoms with Crippen molar-refractivity contribution >= 4 is 79.7 Å². The Hall–Kier alpha value is -10.3. The number of esters is 4. The summed E-state index contributed by atoms with van der Waals surface area (Å²) in [6, 6.07) is 21.0. The molecule has 0 aliphatic heterocycles. The molecule has 0 saturated heterocycles. The minimum absolute atomic E-state index is 0.00368. The molecule has 0 spiro atoms. The summed E-state index contributed by atoms with van der Waals surface area (Å²) in [6.07, 6.45) is -2.45. The van der Waals surface area contributed by atoms with Crippen LogP contribution in [0, 0.1) is 10.8 Å². The average Bonchev–Trinajstić information content (AvgIpc) is 3.12. The zero-order valence-electron chi connectivity index (χ0n) is 45.4. The van der Waals surface area contributed by atoms with Gasteiger partial charge in [-0.3, -0.25) is 28.8 Å². The molecule has 0 saturated carbocycles. The first-order chi connectivity index (χ1) is 39.7. The molecule has 4 heterocycles. The number of fused-ring (bicyclic) bond motifs is 4. The molecule has 0 aliphatic carbocycles. The maximum absolute atomic E-state index is 12.9. The van der Waals surface area contributed by atoms with Crippen LogP contribution < -0.4 is 40.7 Å². The molecule has 26 heteroatoms. The second-order valence-electron chi connectivity index (χ2n) is 20.0. The zero-order chi connectivity index (χ0) is 61.2. The largest absolute Gasteiger partial charge is 0.490 e. The maximum atomic E-state index is 12.9. The Labute approximate surface area is 471 Å². The van der Waals surface area contributed by atoms with E-state index in [0.717, 1.165) is 24.3 Å². The summed E-state index contributed by atoms with van der Waals surface area (Å²) in [7, 11) is 0. The number of carbonyl (C=O) groups excluding carboxylic acids is 4. The first-order valence-corrected chi connectivity index (χ1v) is 25.0. The van der Waals surface area contributed by atoms with Crippen molar-refractivity contribution in [3.8, 4) is 23.0 Å². The number of aliphatic hydroxyl groups is 2. The molecule has 440 valence electrons. The molecule has 0 amide bonds. The lowest BCUT2D eigenvalue weighted by Crippen LogP contribution is -2.26. The molecular formula is C58H52O26. The van der Waals surface area contributed by atoms with Gasteiger partial charge in [-0.15, -0.1) is 0 Å². The van der Waals surface area contributed by atoms with Gasteiger partial charge in [0.15, 0.2) is 21.7 Å². The van der Waals surface area contributed by atoms with Gasteiger partial charge in [-0.1, -0.05) is 24.3 Å². The Morgan fingerprint density at radius 2 is 0.655 bits per heavy atom. The summed E-state index contributed by atoms with van der Waals surface area (Å²) in [5.41, 5.74) is -4.11. The van der Waals surface area contributed by atoms with Crippen molar-refractivity contribution in [2.45, 2.75) is 53.8 Å². The molecule has 8 aromatic rings. The van der Waals surface area contributed by atoms with Gasteiger partial charge in [0.05, 0.1) is 10.8 Å². The van der Waals surface area contributed by atoms with Crippen LogP contribution in [0.5, 0.6) is 23.0 Å². The number of aliphatic hydroxyl groups excluding tert-OH is 2. The van der Waals surface area contributed by atoms with E-state index in [4.69, 9.17) is 65.8 Å². The third-order valence-corrected chi connectivity index (χ3v) is 11.4. The van der Waals surface area contributed by atoms with Crippen molar-refractivity contribution in [1.82, 2.24) is 0 Å². The zero-order valence-corrected chi connectivity index (χ0v) is 45.4. The van der Waals surface area contributed by atoms with Gasteiger partial charge in [0.25, 0.3) is 0 Å². The Balaban J connectivity index is 0.000000259. The highest BCUT2D eigenvalue weighted by molar-refractivity contribution is 5.93. The van der Waals surface area contributed by atoms with Gasteiger partial charge in [0.1, 0.15) is 106 Å². The number of rotatable bonds is 20. The van der Waals surface area contributed by atoms with Crippen LogP contribution >= 0.6 is 0 Å². The van der Waals surface area contributed by atoms with Crippen LogP contribution in [0.25, 0.3) is 43.9 Å². The smallest absolute Gasteiger partial charge is 0.377 e. The molecule has 0 unspecified atom stereocenters. The Bertz CT molecular complexity index is 3810. The van der Waals surface area contributed by atoms with Gasteiger partial charge < -0.3 is 76.0 Å². The number of aromatic carboxylic acids is 2. The Morgan fingerprint density at radius 1 is 0.405 bits per heavy atom. The van der Waals surface area contributed by atoms with Crippen molar-refractivity contribution in [2.24, 2.45) is 10.8 Å². The number of hydrogen-bond donors (Lipinski definition) is 4. The molecular weight excluding hydrogens is 1110 g/mol. The Morgan fingerprint density at radius 3 is 0.905 bits per heavy atom. The number of ether oxygens (including phenoxy) is 8. The molecule has 8 rings (SSSR count). The SMILES string of the molecule is CC(C)(C)C(=O)OCOC(=O)c1cc(=O)c2c(OCC(O)COc3cccc4oc(C(=O)OCOC(=O)C(C)(C)C)cc(=O)c34)cccc2o1.O=C(O)c1cc(=O)c2c(OCC(O)COc3cccc4oc(C(=O)O)cc(=O)c34)cccc2o1. The molecule has 26 nitrogen and oxygen atoms in total. The van der Waals surface area contributed by atoms with Crippen LogP contribution in [0.3, 0.4) is 0 Å². The molecule has 0 bridgehead atoms. The number of carboxylic acids is 2. The topological polar surface area (TPSA) is 378 Å². The summed E-state index contributed by atoms with van der Waals surface area (Å²) >= 11 is 0. The molecule has 0 fully saturated rings. The van der Waals surface area contributed by atoms with Crippen LogP contribution in [0.1, 0.15) is 83.8 Å². The minimum Gasteiger partial charge on any atom is -0.490 e. The third-order valence-electron chi connectivity index (χ3n) is 11.4. The number of carboxylic acid groups (broad SMARTS) is 2. The van der Waals surface area contributed by atoms with E-state index >= 15 is 0 Å². The van der Waals surface area contributed by atoms with Crippen LogP contribution in [-0.2, 0) is 28.5 Å². The summed E-state index contributed by atoms with van der Waals surface area (Å²) in [5.74, 6) is -7.64. The monoisotopic (exact) mass is 1160 g/mol. The van der Waals surface area contributed by atoms with Gasteiger partial charge >= 0.3 is 35.8 Å². The quantitative estimate of drug-likeness (QED) is 0.0484. The lowest BCUT2D eigenvalue weighted by Gasteiger charge is -2.16. The van der Waals surface area contributed by atoms with Gasteiger partial charge in [-0.05, 0) is 90.1 Å². The van der Waals surface area contributed by atoms with Crippen molar-refractivity contribution in [3.63, 3.8) is 0 Å². The molecule has 4 aromatic heterocycles. The van der Waals surface area contributed by atoms with Crippen LogP contribution in [0.4, 0.5) is 0 Å². The maximum Gasteiger partial charge on any atom is 0.377 e. The van der Waals surface area contributed by atoms with E-state index in [1.807, 2.05) is 0 Å². The van der Waals surface area contributed by atoms with Crippen LogP contribution in [0.2, 0.25) is 0 Å². The summed E-state index contributed by atoms with van der Waals surface area (Å²) in [5, 5.41) is 38.9. The van der Waals surface area contributed by atoms with Crippen molar-refractivity contribution in [3.05, 3.63) is 161 Å². The number of hydrogen-bond acceptors (Lipinski definition) is 24. The first-order valence-electron chi connectivity index (χ1n) is 25.0. The van der Waals surface area contributed by atoms with Gasteiger partial charge in [0, 0.05) is 24.3 Å². The summed E-state index contributed by atoms with van der Waals surface area (Å²) in [6.45, 7) is 7.15. The normalized spacial score (nSPS) is 11.5. The van der Waals surface area contributed by atoms with E-state index in [2.05, 4.69) is 0 Å². The van der Waals surface area contributed by atoms with Crippen molar-refractivity contribution < 1.29 is 105 Å². The van der Waals surface area contributed by atoms with Gasteiger partial charge in [-0.2, -0.15) is 0 Å². The lowest BCUT2D eigenvalue weighted by molar-refractivity contribution is -0.162. The molecule has 4 N–H and O–H groups in total. The fraction of sp³-hybridized carbons (Fsp3) is 0.276. The molecule has 0 atom stereocenters. The second kappa shape index (κ2) is 26.1. The Kier molecular flexibility index (Phi) is 19.0. The third kappa shape index (κ3) is 15.2. The van der Waals surface area contributed by atoms with E-state index in [9.17, 15) is 58.2 Å². The number of benzene rings is 4. The predicted molar refractivity (Wildman–Crippen MR) is 290 cm³/mol. The predicted octanol–water partition coefficient (Wildman–Crippen LogP) is 6.24. The fourth-order valence-electron chi connectivity index (χ4n) is 7.29. The van der Waals surface area contributed by atoms with E-state index in [1.165, 1.54) is 72.8 Å². The molecule has 4 aromatic carbocycles. The van der Waals surface area contributed by atoms with E-state index in [0.29, 0.717) is 0 Å². The lowest BCUT2D eigenvalue weighted by atomic mass is 9.97. The summed E-state index contributed by atoms with van der Waals surface area (Å²) in [4.78, 5) is 121. The molecule has 0 aliphatic rings. The highest BCUT2D eigenvalue weighted by Gasteiger charge is 2.27. The molecule has 0 radical (unpaired) electrons. The van der Waals surface area contributed by atoms with E-state index in [1.54, 1.807) is 41.5 Å². The highest BCUT2D eigenvalue weighted by Crippen LogP contribution is 2.28. The number of carbonyl (C=O) groups is 6. The molecule has 84 heavy (non-hydrogen) atoms. The van der Waals surface area contributed by atoms with Crippen LogP contribution in [-0.4, -0.2) is 108 Å². The van der Waals surface area contributed by atoms with Gasteiger partial charge in [0.2, 0.25) is 36.6 Å². The highest BCUT2D eigenvalue weighted by atomic mass is 16.7. The van der Waals surface area contributed by atoms with E-state index < -0.39 is 117 Å². The van der Waals surface area contributed by atoms with Crippen molar-refractivity contribution in [2.75, 3.05) is 40.0 Å². The van der Waals surface area contributed by atoms with E-state index in [-0.39, 0.29) is 93.3 Å².